The molecule has 0 spiro atoms. The fraction of sp³-hybridized carbons (Fsp3) is 0.571. The van der Waals surface area contributed by atoms with Crippen LogP contribution in [-0.2, 0) is 6.54 Å². The van der Waals surface area contributed by atoms with Crippen LogP contribution in [0, 0.1) is 10.1 Å². The summed E-state index contributed by atoms with van der Waals surface area (Å²) in [5, 5.41) is 14.4. The monoisotopic (exact) mass is 263 g/mol. The molecule has 1 aromatic rings. The van der Waals surface area contributed by atoms with Gasteiger partial charge in [-0.2, -0.15) is 0 Å². The molecule has 1 heterocycles. The van der Waals surface area contributed by atoms with E-state index in [0.717, 1.165) is 25.1 Å². The Morgan fingerprint density at radius 2 is 2.21 bits per heavy atom. The summed E-state index contributed by atoms with van der Waals surface area (Å²) in [6, 6.07) is 7.93. The third-order valence-corrected chi connectivity index (χ3v) is 3.72. The molecule has 1 N–H and O–H groups in total. The summed E-state index contributed by atoms with van der Waals surface area (Å²) < 4.78 is 0. The number of nitrogens with zero attached hydrogens (tertiary/aromatic N) is 2. The average molecular weight is 263 g/mol. The number of likely N-dealkylation sites (tertiary alicyclic amines) is 1. The molecule has 0 aromatic heterocycles. The van der Waals surface area contributed by atoms with E-state index in [0.29, 0.717) is 18.6 Å². The molecule has 1 atom stereocenters. The van der Waals surface area contributed by atoms with Gasteiger partial charge in [0.05, 0.1) is 4.92 Å². The van der Waals surface area contributed by atoms with E-state index in [4.69, 9.17) is 0 Å². The van der Waals surface area contributed by atoms with Crippen LogP contribution in [0.3, 0.4) is 0 Å². The van der Waals surface area contributed by atoms with Crippen molar-refractivity contribution in [3.63, 3.8) is 0 Å². The molecule has 104 valence electrons. The van der Waals surface area contributed by atoms with Gasteiger partial charge in [-0.05, 0) is 26.8 Å². The first-order valence-electron chi connectivity index (χ1n) is 6.77. The van der Waals surface area contributed by atoms with E-state index in [1.165, 1.54) is 0 Å². The van der Waals surface area contributed by atoms with Crippen molar-refractivity contribution in [1.82, 2.24) is 10.2 Å². The van der Waals surface area contributed by atoms with Crippen molar-refractivity contribution in [2.24, 2.45) is 0 Å². The minimum Gasteiger partial charge on any atom is -0.308 e. The normalized spacial score (nSPS) is 20.1. The molecule has 19 heavy (non-hydrogen) atoms. The molecule has 0 aliphatic carbocycles. The summed E-state index contributed by atoms with van der Waals surface area (Å²) in [5.74, 6) is 0. The fourth-order valence-corrected chi connectivity index (χ4v) is 2.52. The summed E-state index contributed by atoms with van der Waals surface area (Å²) in [6.45, 7) is 7.09. The van der Waals surface area contributed by atoms with E-state index < -0.39 is 0 Å². The maximum Gasteiger partial charge on any atom is 0.273 e. The van der Waals surface area contributed by atoms with Crippen LogP contribution in [0.25, 0.3) is 0 Å². The smallest absolute Gasteiger partial charge is 0.273 e. The summed E-state index contributed by atoms with van der Waals surface area (Å²) in [6.07, 6.45) is 1.11. The molecule has 5 heteroatoms. The third-order valence-electron chi connectivity index (χ3n) is 3.72. The van der Waals surface area contributed by atoms with Gasteiger partial charge in [-0.15, -0.1) is 0 Å². The van der Waals surface area contributed by atoms with Crippen molar-refractivity contribution in [2.45, 2.75) is 38.9 Å². The van der Waals surface area contributed by atoms with E-state index in [1.807, 2.05) is 12.1 Å². The van der Waals surface area contributed by atoms with Gasteiger partial charge in [0.15, 0.2) is 0 Å². The molecule has 1 aromatic carbocycles. The quantitative estimate of drug-likeness (QED) is 0.653. The molecule has 1 aliphatic heterocycles. The van der Waals surface area contributed by atoms with E-state index in [-0.39, 0.29) is 10.6 Å². The summed E-state index contributed by atoms with van der Waals surface area (Å²) >= 11 is 0. The second kappa shape index (κ2) is 6.12. The largest absolute Gasteiger partial charge is 0.308 e. The molecule has 1 aliphatic rings. The van der Waals surface area contributed by atoms with E-state index in [2.05, 4.69) is 24.1 Å². The zero-order valence-corrected chi connectivity index (χ0v) is 11.5. The molecule has 0 bridgehead atoms. The molecule has 0 radical (unpaired) electrons. The number of benzene rings is 1. The molecular formula is C14H21N3O2. The van der Waals surface area contributed by atoms with Crippen LogP contribution in [0.5, 0.6) is 0 Å². The zero-order valence-electron chi connectivity index (χ0n) is 11.5. The van der Waals surface area contributed by atoms with Crippen molar-refractivity contribution in [1.29, 1.82) is 0 Å². The first-order chi connectivity index (χ1) is 9.08. The SMILES string of the molecule is CC(C)N1CCC(NCc2ccccc2[N+](=O)[O-])C1. The van der Waals surface area contributed by atoms with Gasteiger partial charge in [-0.25, -0.2) is 0 Å². The lowest BCUT2D eigenvalue weighted by atomic mass is 10.1. The van der Waals surface area contributed by atoms with Crippen molar-refractivity contribution < 1.29 is 4.92 Å². The Hall–Kier alpha value is -1.46. The Balaban J connectivity index is 1.91. The van der Waals surface area contributed by atoms with Crippen LogP contribution in [0.15, 0.2) is 24.3 Å². The zero-order chi connectivity index (χ0) is 13.8. The number of hydrogen-bond donors (Lipinski definition) is 1. The second-order valence-electron chi connectivity index (χ2n) is 5.34. The van der Waals surface area contributed by atoms with Crippen LogP contribution >= 0.6 is 0 Å². The van der Waals surface area contributed by atoms with Crippen molar-refractivity contribution in [2.75, 3.05) is 13.1 Å². The van der Waals surface area contributed by atoms with Crippen LogP contribution < -0.4 is 5.32 Å². The first kappa shape index (κ1) is 14.0. The summed E-state index contributed by atoms with van der Waals surface area (Å²) in [7, 11) is 0. The van der Waals surface area contributed by atoms with Crippen LogP contribution in [0.1, 0.15) is 25.8 Å². The number of para-hydroxylation sites is 1. The molecule has 0 saturated carbocycles. The Labute approximate surface area is 113 Å². The summed E-state index contributed by atoms with van der Waals surface area (Å²) in [5.41, 5.74) is 0.962. The highest BCUT2D eigenvalue weighted by Crippen LogP contribution is 2.18. The number of nitro benzene ring substituents is 1. The third kappa shape index (κ3) is 3.52. The summed E-state index contributed by atoms with van der Waals surface area (Å²) in [4.78, 5) is 13.0. The predicted octanol–water partition coefficient (Wildman–Crippen LogP) is 2.17. The Morgan fingerprint density at radius 3 is 2.84 bits per heavy atom. The number of nitrogens with one attached hydrogen (secondary N) is 1. The maximum absolute atomic E-state index is 10.9. The molecule has 5 nitrogen and oxygen atoms in total. The van der Waals surface area contributed by atoms with Crippen LogP contribution in [0.4, 0.5) is 5.69 Å². The Bertz CT molecular complexity index is 448. The Kier molecular flexibility index (Phi) is 4.50. The van der Waals surface area contributed by atoms with Gasteiger partial charge in [0.2, 0.25) is 0 Å². The van der Waals surface area contributed by atoms with Crippen LogP contribution in [0.2, 0.25) is 0 Å². The average Bonchev–Trinajstić information content (AvgIpc) is 2.85. The van der Waals surface area contributed by atoms with Crippen molar-refractivity contribution in [3.8, 4) is 0 Å². The van der Waals surface area contributed by atoms with Gasteiger partial charge < -0.3 is 5.32 Å². The lowest BCUT2D eigenvalue weighted by Crippen LogP contribution is -2.34. The molecule has 1 saturated heterocycles. The van der Waals surface area contributed by atoms with E-state index in [9.17, 15) is 10.1 Å². The molecular weight excluding hydrogens is 242 g/mol. The standard InChI is InChI=1S/C14H21N3O2/c1-11(2)16-8-7-13(10-16)15-9-12-5-3-4-6-14(12)17(18)19/h3-6,11,13,15H,7-10H2,1-2H3. The minimum atomic E-state index is -0.313. The van der Waals surface area contributed by atoms with E-state index >= 15 is 0 Å². The van der Waals surface area contributed by atoms with Crippen molar-refractivity contribution in [3.05, 3.63) is 39.9 Å². The predicted molar refractivity (Wildman–Crippen MR) is 75.1 cm³/mol. The minimum absolute atomic E-state index is 0.203. The molecule has 2 rings (SSSR count). The highest BCUT2D eigenvalue weighted by atomic mass is 16.6. The highest BCUT2D eigenvalue weighted by Gasteiger charge is 2.24. The Morgan fingerprint density at radius 1 is 1.47 bits per heavy atom. The fourth-order valence-electron chi connectivity index (χ4n) is 2.52. The van der Waals surface area contributed by atoms with Gasteiger partial charge in [0.1, 0.15) is 0 Å². The number of rotatable bonds is 5. The van der Waals surface area contributed by atoms with Gasteiger partial charge in [-0.3, -0.25) is 15.0 Å². The molecule has 0 amide bonds. The topological polar surface area (TPSA) is 58.4 Å². The first-order valence-corrected chi connectivity index (χ1v) is 6.77. The molecule has 1 unspecified atom stereocenters. The number of hydrogen-bond acceptors (Lipinski definition) is 4. The van der Waals surface area contributed by atoms with Crippen LogP contribution in [-0.4, -0.2) is 35.0 Å². The lowest BCUT2D eigenvalue weighted by Gasteiger charge is -2.20. The van der Waals surface area contributed by atoms with E-state index in [1.54, 1.807) is 12.1 Å². The number of nitro groups is 1. The van der Waals surface area contributed by atoms with Gasteiger partial charge in [0, 0.05) is 36.8 Å². The van der Waals surface area contributed by atoms with Gasteiger partial charge in [-0.1, -0.05) is 18.2 Å². The van der Waals surface area contributed by atoms with Gasteiger partial charge in [0.25, 0.3) is 5.69 Å². The van der Waals surface area contributed by atoms with Crippen molar-refractivity contribution >= 4 is 5.69 Å². The van der Waals surface area contributed by atoms with Gasteiger partial charge >= 0.3 is 0 Å². The second-order valence-corrected chi connectivity index (χ2v) is 5.34. The lowest BCUT2D eigenvalue weighted by molar-refractivity contribution is -0.385. The maximum atomic E-state index is 10.9. The molecule has 1 fully saturated rings. The highest BCUT2D eigenvalue weighted by molar-refractivity contribution is 5.39.